The Morgan fingerprint density at radius 2 is 1.88 bits per heavy atom. The topological polar surface area (TPSA) is 59.1 Å². The number of likely N-dealkylation sites (N-methyl/N-ethyl adjacent to an activating group) is 2. The van der Waals surface area contributed by atoms with Gasteiger partial charge in [0.2, 0.25) is 0 Å². The van der Waals surface area contributed by atoms with Gasteiger partial charge in [0.05, 0.1) is 6.10 Å². The molecule has 2 rings (SSSR count). The lowest BCUT2D eigenvalue weighted by atomic mass is 9.87. The number of carbonyl (C=O) groups is 1. The largest absolute Gasteiger partial charge is 0.390 e. The van der Waals surface area contributed by atoms with E-state index in [-0.39, 0.29) is 6.03 Å². The lowest BCUT2D eigenvalue weighted by molar-refractivity contribution is 0.0657. The standard InChI is InChI=1S/C18H36N4O2/c1-20-10-12-22(13-11-20)15-17(23)14-21(2)18(24)19-9-8-16-6-4-3-5-7-16/h16-17,23H,3-15H2,1-2H3,(H,19,24). The quantitative estimate of drug-likeness (QED) is 0.731. The molecule has 1 atom stereocenters. The highest BCUT2D eigenvalue weighted by atomic mass is 16.3. The van der Waals surface area contributed by atoms with Gasteiger partial charge in [0.25, 0.3) is 0 Å². The molecule has 24 heavy (non-hydrogen) atoms. The second-order valence-corrected chi connectivity index (χ2v) is 7.66. The fraction of sp³-hybridized carbons (Fsp3) is 0.944. The highest BCUT2D eigenvalue weighted by Crippen LogP contribution is 2.25. The number of hydrogen-bond acceptors (Lipinski definition) is 4. The lowest BCUT2D eigenvalue weighted by Gasteiger charge is -2.34. The van der Waals surface area contributed by atoms with Gasteiger partial charge in [-0.3, -0.25) is 4.90 Å². The Morgan fingerprint density at radius 3 is 2.54 bits per heavy atom. The molecule has 1 saturated heterocycles. The molecule has 140 valence electrons. The minimum absolute atomic E-state index is 0.0664. The van der Waals surface area contributed by atoms with Crippen molar-refractivity contribution in [2.24, 2.45) is 5.92 Å². The second-order valence-electron chi connectivity index (χ2n) is 7.66. The zero-order valence-electron chi connectivity index (χ0n) is 15.5. The molecule has 2 amide bonds. The van der Waals surface area contributed by atoms with E-state index in [0.29, 0.717) is 13.1 Å². The van der Waals surface area contributed by atoms with Crippen LogP contribution in [0.2, 0.25) is 0 Å². The van der Waals surface area contributed by atoms with E-state index in [9.17, 15) is 9.90 Å². The van der Waals surface area contributed by atoms with Crippen LogP contribution in [0.5, 0.6) is 0 Å². The Kier molecular flexibility index (Phi) is 8.29. The zero-order valence-corrected chi connectivity index (χ0v) is 15.5. The van der Waals surface area contributed by atoms with Crippen LogP contribution in [0, 0.1) is 5.92 Å². The van der Waals surface area contributed by atoms with Gasteiger partial charge < -0.3 is 20.2 Å². The van der Waals surface area contributed by atoms with Gasteiger partial charge in [-0.15, -0.1) is 0 Å². The summed E-state index contributed by atoms with van der Waals surface area (Å²) >= 11 is 0. The number of rotatable bonds is 7. The molecule has 0 aromatic heterocycles. The van der Waals surface area contributed by atoms with E-state index in [4.69, 9.17) is 0 Å². The molecule has 1 saturated carbocycles. The van der Waals surface area contributed by atoms with Crippen LogP contribution in [-0.4, -0.2) is 91.8 Å². The third kappa shape index (κ3) is 6.95. The molecule has 0 bridgehead atoms. The molecule has 2 aliphatic rings. The van der Waals surface area contributed by atoms with Crippen LogP contribution in [0.3, 0.4) is 0 Å². The predicted octanol–water partition coefficient (Wildman–Crippen LogP) is 1.21. The van der Waals surface area contributed by atoms with Crippen LogP contribution < -0.4 is 5.32 Å². The van der Waals surface area contributed by atoms with E-state index in [2.05, 4.69) is 22.2 Å². The molecule has 2 fully saturated rings. The summed E-state index contributed by atoms with van der Waals surface area (Å²) < 4.78 is 0. The lowest BCUT2D eigenvalue weighted by Crippen LogP contribution is -2.49. The monoisotopic (exact) mass is 340 g/mol. The smallest absolute Gasteiger partial charge is 0.317 e. The minimum Gasteiger partial charge on any atom is -0.390 e. The summed E-state index contributed by atoms with van der Waals surface area (Å²) in [7, 11) is 3.89. The molecule has 2 N–H and O–H groups in total. The van der Waals surface area contributed by atoms with Gasteiger partial charge in [0.1, 0.15) is 0 Å². The van der Waals surface area contributed by atoms with Crippen molar-refractivity contribution in [3.8, 4) is 0 Å². The predicted molar refractivity (Wildman–Crippen MR) is 97.2 cm³/mol. The number of carbonyl (C=O) groups excluding carboxylic acids is 1. The maximum Gasteiger partial charge on any atom is 0.317 e. The van der Waals surface area contributed by atoms with Gasteiger partial charge in [-0.2, -0.15) is 0 Å². The SMILES string of the molecule is CN1CCN(CC(O)CN(C)C(=O)NCCC2CCCCC2)CC1. The summed E-state index contributed by atoms with van der Waals surface area (Å²) in [6.07, 6.45) is 7.29. The number of hydrogen-bond donors (Lipinski definition) is 2. The number of aliphatic hydroxyl groups is 1. The first-order chi connectivity index (χ1) is 11.5. The molecule has 6 heteroatoms. The Hall–Kier alpha value is -0.850. The molecule has 1 unspecified atom stereocenters. The van der Waals surface area contributed by atoms with Crippen molar-refractivity contribution >= 4 is 6.03 Å². The van der Waals surface area contributed by atoms with Gasteiger partial charge in [-0.05, 0) is 19.4 Å². The molecule has 1 heterocycles. The van der Waals surface area contributed by atoms with E-state index >= 15 is 0 Å². The first-order valence-electron chi connectivity index (χ1n) is 9.62. The second kappa shape index (κ2) is 10.2. The first kappa shape index (κ1) is 19.5. The first-order valence-corrected chi connectivity index (χ1v) is 9.62. The summed E-state index contributed by atoms with van der Waals surface area (Å²) in [5.41, 5.74) is 0. The molecule has 0 spiro atoms. The third-order valence-electron chi connectivity index (χ3n) is 5.45. The Morgan fingerprint density at radius 1 is 1.21 bits per heavy atom. The number of aliphatic hydroxyl groups excluding tert-OH is 1. The zero-order chi connectivity index (χ0) is 17.4. The Labute approximate surface area is 147 Å². The van der Waals surface area contributed by atoms with Crippen molar-refractivity contribution in [3.63, 3.8) is 0 Å². The van der Waals surface area contributed by atoms with E-state index in [1.54, 1.807) is 11.9 Å². The Bertz CT molecular complexity index is 366. The number of amides is 2. The number of β-amino-alcohol motifs (C(OH)–C–C–N with tert-alkyl or cyclic N) is 1. The summed E-state index contributed by atoms with van der Waals surface area (Å²) in [6, 6.07) is -0.0664. The van der Waals surface area contributed by atoms with Crippen LogP contribution in [0.4, 0.5) is 4.79 Å². The minimum atomic E-state index is -0.484. The average Bonchev–Trinajstić information content (AvgIpc) is 2.57. The van der Waals surface area contributed by atoms with E-state index in [1.807, 2.05) is 0 Å². The molecule has 0 aromatic carbocycles. The van der Waals surface area contributed by atoms with Crippen molar-refractivity contribution in [1.29, 1.82) is 0 Å². The van der Waals surface area contributed by atoms with Gasteiger partial charge >= 0.3 is 6.03 Å². The molecule has 0 radical (unpaired) electrons. The fourth-order valence-electron chi connectivity index (χ4n) is 3.78. The molecule has 0 aromatic rings. The van der Waals surface area contributed by atoms with E-state index in [0.717, 1.165) is 45.1 Å². The maximum absolute atomic E-state index is 12.1. The summed E-state index contributed by atoms with van der Waals surface area (Å²) in [6.45, 7) is 5.86. The number of nitrogens with zero attached hydrogens (tertiary/aromatic N) is 3. The van der Waals surface area contributed by atoms with Crippen molar-refractivity contribution < 1.29 is 9.90 Å². The number of piperazine rings is 1. The van der Waals surface area contributed by atoms with Crippen molar-refractivity contribution in [2.45, 2.75) is 44.6 Å². The summed E-state index contributed by atoms with van der Waals surface area (Å²) in [5.74, 6) is 0.784. The summed E-state index contributed by atoms with van der Waals surface area (Å²) in [4.78, 5) is 18.3. The van der Waals surface area contributed by atoms with E-state index in [1.165, 1.54) is 32.1 Å². The molecule has 1 aliphatic heterocycles. The highest BCUT2D eigenvalue weighted by molar-refractivity contribution is 5.73. The molecule has 6 nitrogen and oxygen atoms in total. The van der Waals surface area contributed by atoms with Gasteiger partial charge in [-0.25, -0.2) is 4.79 Å². The van der Waals surface area contributed by atoms with Gasteiger partial charge in [-0.1, -0.05) is 32.1 Å². The molecular formula is C18H36N4O2. The van der Waals surface area contributed by atoms with Crippen LogP contribution in [0.1, 0.15) is 38.5 Å². The fourth-order valence-corrected chi connectivity index (χ4v) is 3.78. The van der Waals surface area contributed by atoms with Crippen LogP contribution >= 0.6 is 0 Å². The van der Waals surface area contributed by atoms with Crippen LogP contribution in [-0.2, 0) is 0 Å². The van der Waals surface area contributed by atoms with Crippen LogP contribution in [0.25, 0.3) is 0 Å². The van der Waals surface area contributed by atoms with E-state index < -0.39 is 6.10 Å². The average molecular weight is 341 g/mol. The maximum atomic E-state index is 12.1. The van der Waals surface area contributed by atoms with Crippen molar-refractivity contribution in [1.82, 2.24) is 20.0 Å². The summed E-state index contributed by atoms with van der Waals surface area (Å²) in [5, 5.41) is 13.2. The van der Waals surface area contributed by atoms with Crippen molar-refractivity contribution in [3.05, 3.63) is 0 Å². The third-order valence-corrected chi connectivity index (χ3v) is 5.45. The van der Waals surface area contributed by atoms with Crippen molar-refractivity contribution in [2.75, 3.05) is 59.9 Å². The molecular weight excluding hydrogens is 304 g/mol. The Balaban J connectivity index is 1.58. The van der Waals surface area contributed by atoms with Gasteiger partial charge in [0, 0.05) is 52.9 Å². The van der Waals surface area contributed by atoms with Gasteiger partial charge in [0.15, 0.2) is 0 Å². The van der Waals surface area contributed by atoms with Crippen LogP contribution in [0.15, 0.2) is 0 Å². The molecule has 1 aliphatic carbocycles. The number of urea groups is 1. The highest BCUT2D eigenvalue weighted by Gasteiger charge is 2.20. The normalized spacial score (nSPS) is 22.3. The number of nitrogens with one attached hydrogen (secondary N) is 1.